The molecule has 0 aliphatic rings. The van der Waals surface area contributed by atoms with Crippen LogP contribution in [0.2, 0.25) is 0 Å². The van der Waals surface area contributed by atoms with Gasteiger partial charge in [-0.3, -0.25) is 0 Å². The van der Waals surface area contributed by atoms with Gasteiger partial charge in [0.05, 0.1) is 6.33 Å². The molecule has 0 saturated carbocycles. The number of halogens is 1. The molecule has 1 aromatic rings. The van der Waals surface area contributed by atoms with Gasteiger partial charge in [-0.05, 0) is 21.8 Å². The van der Waals surface area contributed by atoms with Crippen LogP contribution in [0.5, 0.6) is 0 Å². The van der Waals surface area contributed by atoms with Gasteiger partial charge in [-0.25, -0.2) is 4.98 Å². The molecular weight excluding hydrogens is 204 g/mol. The molecule has 0 radical (unpaired) electrons. The van der Waals surface area contributed by atoms with Crippen molar-refractivity contribution in [3.05, 3.63) is 17.1 Å². The van der Waals surface area contributed by atoms with Crippen LogP contribution in [0.3, 0.4) is 0 Å². The normalized spacial score (nSPS) is 13.4. The van der Waals surface area contributed by atoms with Crippen molar-refractivity contribution in [2.45, 2.75) is 26.8 Å². The number of rotatable bonds is 3. The zero-order valence-electron chi connectivity index (χ0n) is 6.92. The Hall–Kier alpha value is -0.310. The monoisotopic (exact) mass is 216 g/mol. The number of aromatic nitrogens is 2. The molecule has 1 heterocycles. The summed E-state index contributed by atoms with van der Waals surface area (Å²) in [4.78, 5) is 4.08. The zero-order valence-corrected chi connectivity index (χ0v) is 8.50. The predicted octanol–water partition coefficient (Wildman–Crippen LogP) is 2.69. The third kappa shape index (κ3) is 2.66. The van der Waals surface area contributed by atoms with Gasteiger partial charge in [0, 0.05) is 12.7 Å². The topological polar surface area (TPSA) is 17.8 Å². The Bertz CT molecular complexity index is 220. The molecule has 11 heavy (non-hydrogen) atoms. The number of hydrogen-bond donors (Lipinski definition) is 0. The quantitative estimate of drug-likeness (QED) is 0.761. The molecule has 0 amide bonds. The van der Waals surface area contributed by atoms with Crippen LogP contribution in [0, 0.1) is 5.92 Å². The van der Waals surface area contributed by atoms with Gasteiger partial charge in [0.25, 0.3) is 0 Å². The maximum Gasteiger partial charge on any atom is 0.124 e. The summed E-state index contributed by atoms with van der Waals surface area (Å²) in [5, 5.41) is 0. The highest BCUT2D eigenvalue weighted by molar-refractivity contribution is 9.10. The van der Waals surface area contributed by atoms with E-state index in [0.29, 0.717) is 0 Å². The fraction of sp³-hybridized carbons (Fsp3) is 0.625. The smallest absolute Gasteiger partial charge is 0.124 e. The lowest BCUT2D eigenvalue weighted by atomic mass is 10.1. The summed E-state index contributed by atoms with van der Waals surface area (Å²) in [5.41, 5.74) is 0. The molecule has 1 unspecified atom stereocenters. The van der Waals surface area contributed by atoms with Gasteiger partial charge >= 0.3 is 0 Å². The van der Waals surface area contributed by atoms with Crippen LogP contribution in [0.25, 0.3) is 0 Å². The highest BCUT2D eigenvalue weighted by Crippen LogP contribution is 2.08. The summed E-state index contributed by atoms with van der Waals surface area (Å²) >= 11 is 3.31. The first-order valence-electron chi connectivity index (χ1n) is 3.89. The van der Waals surface area contributed by atoms with Crippen LogP contribution >= 0.6 is 15.9 Å². The third-order valence-electron chi connectivity index (χ3n) is 1.82. The number of nitrogens with zero attached hydrogens (tertiary/aromatic N) is 2. The summed E-state index contributed by atoms with van der Waals surface area (Å²) in [7, 11) is 0. The molecule has 3 heteroatoms. The lowest BCUT2D eigenvalue weighted by Gasteiger charge is -2.07. The molecule has 0 aliphatic heterocycles. The Morgan fingerprint density at radius 2 is 2.45 bits per heavy atom. The molecule has 2 nitrogen and oxygen atoms in total. The SMILES string of the molecule is CCC(C)Cn1cnc(Br)c1. The van der Waals surface area contributed by atoms with Crippen molar-refractivity contribution in [1.29, 1.82) is 0 Å². The first-order chi connectivity index (χ1) is 5.22. The largest absolute Gasteiger partial charge is 0.336 e. The Labute approximate surface area is 75.8 Å². The van der Waals surface area contributed by atoms with Crippen LogP contribution in [-0.2, 0) is 6.54 Å². The van der Waals surface area contributed by atoms with E-state index in [-0.39, 0.29) is 0 Å². The van der Waals surface area contributed by atoms with Gasteiger partial charge in [0.1, 0.15) is 4.60 Å². The first-order valence-corrected chi connectivity index (χ1v) is 4.69. The lowest BCUT2D eigenvalue weighted by molar-refractivity contribution is 0.468. The van der Waals surface area contributed by atoms with Crippen molar-refractivity contribution in [1.82, 2.24) is 9.55 Å². The minimum absolute atomic E-state index is 0.732. The van der Waals surface area contributed by atoms with Crippen molar-refractivity contribution >= 4 is 15.9 Å². The fourth-order valence-electron chi connectivity index (χ4n) is 0.922. The molecule has 0 saturated heterocycles. The minimum atomic E-state index is 0.732. The van der Waals surface area contributed by atoms with Crippen LogP contribution in [0.1, 0.15) is 20.3 Å². The third-order valence-corrected chi connectivity index (χ3v) is 2.23. The molecule has 0 aliphatic carbocycles. The standard InChI is InChI=1S/C8H13BrN2/c1-3-7(2)4-11-5-8(9)10-6-11/h5-7H,3-4H2,1-2H3. The summed E-state index contributed by atoms with van der Waals surface area (Å²) in [6.07, 6.45) is 5.08. The molecule has 0 aromatic carbocycles. The Kier molecular flexibility index (Phi) is 3.12. The second-order valence-electron chi connectivity index (χ2n) is 2.91. The van der Waals surface area contributed by atoms with E-state index in [0.717, 1.165) is 17.1 Å². The van der Waals surface area contributed by atoms with E-state index in [1.807, 2.05) is 12.5 Å². The van der Waals surface area contributed by atoms with Gasteiger partial charge in [-0.1, -0.05) is 20.3 Å². The zero-order chi connectivity index (χ0) is 8.27. The lowest BCUT2D eigenvalue weighted by Crippen LogP contribution is -2.03. The van der Waals surface area contributed by atoms with Crippen molar-refractivity contribution in [3.8, 4) is 0 Å². The Morgan fingerprint density at radius 3 is 2.91 bits per heavy atom. The van der Waals surface area contributed by atoms with Gasteiger partial charge in [-0.2, -0.15) is 0 Å². The van der Waals surface area contributed by atoms with Gasteiger partial charge in [0.15, 0.2) is 0 Å². The average Bonchev–Trinajstić information content (AvgIpc) is 2.35. The molecule has 0 spiro atoms. The summed E-state index contributed by atoms with van der Waals surface area (Å²) in [6.45, 7) is 5.51. The predicted molar refractivity (Wildman–Crippen MR) is 49.4 cm³/mol. The second kappa shape index (κ2) is 3.90. The van der Waals surface area contributed by atoms with E-state index in [1.165, 1.54) is 6.42 Å². The molecule has 1 aromatic heterocycles. The Balaban J connectivity index is 2.50. The maximum atomic E-state index is 4.08. The van der Waals surface area contributed by atoms with E-state index >= 15 is 0 Å². The molecule has 1 rings (SSSR count). The van der Waals surface area contributed by atoms with Crippen LogP contribution in [0.15, 0.2) is 17.1 Å². The molecule has 0 N–H and O–H groups in total. The fourth-order valence-corrected chi connectivity index (χ4v) is 1.28. The molecule has 0 bridgehead atoms. The summed E-state index contributed by atoms with van der Waals surface area (Å²) in [5.74, 6) is 0.732. The Morgan fingerprint density at radius 1 is 1.73 bits per heavy atom. The number of imidazole rings is 1. The van der Waals surface area contributed by atoms with Crippen molar-refractivity contribution in [3.63, 3.8) is 0 Å². The molecular formula is C8H13BrN2. The van der Waals surface area contributed by atoms with E-state index in [4.69, 9.17) is 0 Å². The van der Waals surface area contributed by atoms with Gasteiger partial charge in [0.2, 0.25) is 0 Å². The van der Waals surface area contributed by atoms with Crippen molar-refractivity contribution in [2.24, 2.45) is 5.92 Å². The van der Waals surface area contributed by atoms with Crippen molar-refractivity contribution < 1.29 is 0 Å². The van der Waals surface area contributed by atoms with E-state index < -0.39 is 0 Å². The highest BCUT2D eigenvalue weighted by Gasteiger charge is 2.00. The second-order valence-corrected chi connectivity index (χ2v) is 3.72. The van der Waals surface area contributed by atoms with E-state index in [1.54, 1.807) is 0 Å². The summed E-state index contributed by atoms with van der Waals surface area (Å²) in [6, 6.07) is 0. The summed E-state index contributed by atoms with van der Waals surface area (Å²) < 4.78 is 3.03. The average molecular weight is 217 g/mol. The van der Waals surface area contributed by atoms with Crippen molar-refractivity contribution in [2.75, 3.05) is 0 Å². The molecule has 1 atom stereocenters. The minimum Gasteiger partial charge on any atom is -0.336 e. The maximum absolute atomic E-state index is 4.08. The van der Waals surface area contributed by atoms with E-state index in [9.17, 15) is 0 Å². The van der Waals surface area contributed by atoms with Gasteiger partial charge < -0.3 is 4.57 Å². The molecule has 0 fully saturated rings. The molecule has 62 valence electrons. The van der Waals surface area contributed by atoms with Crippen LogP contribution in [0.4, 0.5) is 0 Å². The van der Waals surface area contributed by atoms with Gasteiger partial charge in [-0.15, -0.1) is 0 Å². The highest BCUT2D eigenvalue weighted by atomic mass is 79.9. The van der Waals surface area contributed by atoms with Crippen LogP contribution < -0.4 is 0 Å². The van der Waals surface area contributed by atoms with Crippen LogP contribution in [-0.4, -0.2) is 9.55 Å². The first kappa shape index (κ1) is 8.78. The number of hydrogen-bond acceptors (Lipinski definition) is 1. The van der Waals surface area contributed by atoms with E-state index in [2.05, 4.69) is 39.3 Å².